The Hall–Kier alpha value is -0.490. The van der Waals surface area contributed by atoms with E-state index in [1.165, 1.54) is 56.1 Å². The topological polar surface area (TPSA) is 0 Å². The Labute approximate surface area is 129 Å². The molecule has 0 nitrogen and oxygen atoms in total. The Kier molecular flexibility index (Phi) is 6.42. The third-order valence-corrected chi connectivity index (χ3v) is 5.39. The van der Waals surface area contributed by atoms with Gasteiger partial charge in [0.1, 0.15) is 0 Å². The van der Waals surface area contributed by atoms with Crippen molar-refractivity contribution in [1.82, 2.24) is 0 Å². The predicted octanol–water partition coefficient (Wildman–Crippen LogP) is 6.14. The summed E-state index contributed by atoms with van der Waals surface area (Å²) in [6, 6.07) is 8.80. The summed E-state index contributed by atoms with van der Waals surface area (Å²) in [7, 11) is 0. The Bertz CT molecular complexity index is 391. The van der Waals surface area contributed by atoms with Crippen molar-refractivity contribution in [3.63, 3.8) is 0 Å². The summed E-state index contributed by atoms with van der Waals surface area (Å²) in [5.74, 6) is 1.71. The molecule has 1 aromatic carbocycles. The van der Waals surface area contributed by atoms with Crippen LogP contribution < -0.4 is 0 Å². The molecule has 20 heavy (non-hydrogen) atoms. The quantitative estimate of drug-likeness (QED) is 0.552. The summed E-state index contributed by atoms with van der Waals surface area (Å²) in [5, 5.41) is 0.323. The van der Waals surface area contributed by atoms with Gasteiger partial charge in [0.2, 0.25) is 0 Å². The minimum atomic E-state index is 0.323. The van der Waals surface area contributed by atoms with Crippen LogP contribution in [0.5, 0.6) is 0 Å². The Morgan fingerprint density at radius 3 is 2.60 bits per heavy atom. The molecule has 1 saturated carbocycles. The fourth-order valence-corrected chi connectivity index (χ4v) is 3.99. The Morgan fingerprint density at radius 2 is 1.95 bits per heavy atom. The van der Waals surface area contributed by atoms with Crippen LogP contribution in [-0.2, 0) is 6.42 Å². The summed E-state index contributed by atoms with van der Waals surface area (Å²) in [5.41, 5.74) is 2.74. The zero-order valence-electron chi connectivity index (χ0n) is 13.1. The van der Waals surface area contributed by atoms with Gasteiger partial charge in [0.05, 0.1) is 0 Å². The molecule has 1 unspecified atom stereocenters. The molecule has 0 amide bonds. The Morgan fingerprint density at radius 1 is 1.20 bits per heavy atom. The fourth-order valence-electron chi connectivity index (χ4n) is 3.56. The number of aryl methyl sites for hydroxylation is 1. The standard InChI is InChI=1S/C19H29Cl/c1-3-4-7-16-9-11-18(12-10-16)19(20)14-17-8-5-6-15(2)13-17/h5-6,8,13,16,18-19H,3-4,7,9-12,14H2,1-2H3. The normalized spacial score (nSPS) is 24.6. The third-order valence-electron chi connectivity index (χ3n) is 4.88. The van der Waals surface area contributed by atoms with Crippen molar-refractivity contribution in [1.29, 1.82) is 0 Å². The molecule has 0 bridgehead atoms. The molecule has 0 heterocycles. The summed E-state index contributed by atoms with van der Waals surface area (Å²) < 4.78 is 0. The molecule has 0 aromatic heterocycles. The van der Waals surface area contributed by atoms with E-state index in [1.807, 2.05) is 0 Å². The molecule has 1 aromatic rings. The van der Waals surface area contributed by atoms with Crippen molar-refractivity contribution in [3.8, 4) is 0 Å². The lowest BCUT2D eigenvalue weighted by atomic mass is 9.77. The number of halogens is 1. The van der Waals surface area contributed by atoms with Gasteiger partial charge in [-0.05, 0) is 43.6 Å². The number of alkyl halides is 1. The van der Waals surface area contributed by atoms with E-state index >= 15 is 0 Å². The van der Waals surface area contributed by atoms with Gasteiger partial charge in [0.25, 0.3) is 0 Å². The molecule has 0 saturated heterocycles. The third kappa shape index (κ3) is 4.81. The van der Waals surface area contributed by atoms with Crippen molar-refractivity contribution >= 4 is 11.6 Å². The minimum Gasteiger partial charge on any atom is -0.122 e. The van der Waals surface area contributed by atoms with E-state index in [0.29, 0.717) is 5.38 Å². The lowest BCUT2D eigenvalue weighted by molar-refractivity contribution is 0.253. The molecule has 0 N–H and O–H groups in total. The summed E-state index contributed by atoms with van der Waals surface area (Å²) in [4.78, 5) is 0. The smallest absolute Gasteiger partial charge is 0.0404 e. The van der Waals surface area contributed by atoms with E-state index in [0.717, 1.165) is 18.3 Å². The maximum atomic E-state index is 6.70. The summed E-state index contributed by atoms with van der Waals surface area (Å²) >= 11 is 6.70. The average molecular weight is 293 g/mol. The van der Waals surface area contributed by atoms with Crippen LogP contribution in [0.25, 0.3) is 0 Å². The second kappa shape index (κ2) is 8.08. The van der Waals surface area contributed by atoms with Crippen molar-refractivity contribution in [2.24, 2.45) is 11.8 Å². The van der Waals surface area contributed by atoms with Crippen LogP contribution in [0.3, 0.4) is 0 Å². The lowest BCUT2D eigenvalue weighted by Crippen LogP contribution is -2.23. The number of unbranched alkanes of at least 4 members (excludes halogenated alkanes) is 1. The second-order valence-corrected chi connectivity index (χ2v) is 7.19. The van der Waals surface area contributed by atoms with E-state index < -0.39 is 0 Å². The second-order valence-electron chi connectivity index (χ2n) is 6.63. The molecule has 1 fully saturated rings. The zero-order chi connectivity index (χ0) is 14.4. The molecule has 0 radical (unpaired) electrons. The zero-order valence-corrected chi connectivity index (χ0v) is 13.8. The van der Waals surface area contributed by atoms with Gasteiger partial charge < -0.3 is 0 Å². The van der Waals surface area contributed by atoms with Gasteiger partial charge in [-0.1, -0.05) is 68.9 Å². The van der Waals surface area contributed by atoms with Crippen molar-refractivity contribution in [3.05, 3.63) is 35.4 Å². The molecule has 1 heteroatoms. The van der Waals surface area contributed by atoms with Crippen LogP contribution in [-0.4, -0.2) is 5.38 Å². The van der Waals surface area contributed by atoms with E-state index in [2.05, 4.69) is 38.1 Å². The van der Waals surface area contributed by atoms with Crippen molar-refractivity contribution in [2.75, 3.05) is 0 Å². The molecule has 1 atom stereocenters. The van der Waals surface area contributed by atoms with E-state index in [-0.39, 0.29) is 0 Å². The first kappa shape index (κ1) is 15.9. The Balaban J connectivity index is 1.78. The monoisotopic (exact) mass is 292 g/mol. The summed E-state index contributed by atoms with van der Waals surface area (Å²) in [6.07, 6.45) is 10.7. The van der Waals surface area contributed by atoms with Crippen LogP contribution in [0.2, 0.25) is 0 Å². The van der Waals surface area contributed by atoms with Gasteiger partial charge in [-0.15, -0.1) is 11.6 Å². The van der Waals surface area contributed by atoms with Gasteiger partial charge in [-0.25, -0.2) is 0 Å². The molecule has 112 valence electrons. The fraction of sp³-hybridized carbons (Fsp3) is 0.684. The number of hydrogen-bond acceptors (Lipinski definition) is 0. The highest BCUT2D eigenvalue weighted by molar-refractivity contribution is 6.20. The molecule has 2 rings (SSSR count). The molecular weight excluding hydrogens is 264 g/mol. The van der Waals surface area contributed by atoms with Gasteiger partial charge in [0, 0.05) is 5.38 Å². The van der Waals surface area contributed by atoms with Gasteiger partial charge in [-0.3, -0.25) is 0 Å². The molecule has 1 aliphatic carbocycles. The maximum absolute atomic E-state index is 6.70. The van der Waals surface area contributed by atoms with Gasteiger partial charge in [0.15, 0.2) is 0 Å². The van der Waals surface area contributed by atoms with Crippen LogP contribution in [0.4, 0.5) is 0 Å². The highest BCUT2D eigenvalue weighted by Gasteiger charge is 2.26. The van der Waals surface area contributed by atoms with Gasteiger partial charge >= 0.3 is 0 Å². The van der Waals surface area contributed by atoms with Crippen LogP contribution >= 0.6 is 11.6 Å². The number of benzene rings is 1. The highest BCUT2D eigenvalue weighted by atomic mass is 35.5. The highest BCUT2D eigenvalue weighted by Crippen LogP contribution is 2.36. The SMILES string of the molecule is CCCCC1CCC(C(Cl)Cc2cccc(C)c2)CC1. The first-order valence-electron chi connectivity index (χ1n) is 8.38. The molecular formula is C19H29Cl. The maximum Gasteiger partial charge on any atom is 0.0404 e. The minimum absolute atomic E-state index is 0.323. The summed E-state index contributed by atoms with van der Waals surface area (Å²) in [6.45, 7) is 4.45. The average Bonchev–Trinajstić information content (AvgIpc) is 2.45. The van der Waals surface area contributed by atoms with Crippen LogP contribution in [0.15, 0.2) is 24.3 Å². The van der Waals surface area contributed by atoms with E-state index in [1.54, 1.807) is 0 Å². The van der Waals surface area contributed by atoms with Crippen molar-refractivity contribution in [2.45, 2.75) is 70.6 Å². The van der Waals surface area contributed by atoms with Crippen LogP contribution in [0.1, 0.15) is 63.0 Å². The first-order chi connectivity index (χ1) is 9.69. The number of rotatable bonds is 6. The van der Waals surface area contributed by atoms with E-state index in [4.69, 9.17) is 11.6 Å². The molecule has 1 aliphatic rings. The van der Waals surface area contributed by atoms with Crippen molar-refractivity contribution < 1.29 is 0 Å². The lowest BCUT2D eigenvalue weighted by Gasteiger charge is -2.31. The first-order valence-corrected chi connectivity index (χ1v) is 8.82. The van der Waals surface area contributed by atoms with Crippen LogP contribution in [0, 0.1) is 18.8 Å². The largest absolute Gasteiger partial charge is 0.122 e. The van der Waals surface area contributed by atoms with Gasteiger partial charge in [-0.2, -0.15) is 0 Å². The number of hydrogen-bond donors (Lipinski definition) is 0. The predicted molar refractivity (Wildman–Crippen MR) is 89.5 cm³/mol. The van der Waals surface area contributed by atoms with E-state index in [9.17, 15) is 0 Å². The molecule has 0 spiro atoms. The molecule has 0 aliphatic heterocycles.